The first-order valence-corrected chi connectivity index (χ1v) is 14.0. The van der Waals surface area contributed by atoms with Crippen LogP contribution in [0.1, 0.15) is 23.6 Å². The molecule has 0 spiro atoms. The third-order valence-corrected chi connectivity index (χ3v) is 7.51. The van der Waals surface area contributed by atoms with Gasteiger partial charge in [0.15, 0.2) is 11.5 Å². The van der Waals surface area contributed by atoms with Crippen molar-refractivity contribution in [2.75, 3.05) is 18.5 Å². The summed E-state index contributed by atoms with van der Waals surface area (Å²) in [5, 5.41) is 2.84. The molecule has 1 saturated heterocycles. The van der Waals surface area contributed by atoms with E-state index in [0.29, 0.717) is 34.4 Å². The predicted octanol–water partition coefficient (Wildman–Crippen LogP) is 6.91. The molecule has 1 aliphatic rings. The Morgan fingerprint density at radius 2 is 1.89 bits per heavy atom. The third-order valence-electron chi connectivity index (χ3n) is 5.44. The van der Waals surface area contributed by atoms with E-state index in [1.165, 1.54) is 0 Å². The average Bonchev–Trinajstić information content (AvgIpc) is 3.12. The van der Waals surface area contributed by atoms with Crippen molar-refractivity contribution < 1.29 is 23.9 Å². The monoisotopic (exact) mass is 662 g/mol. The van der Waals surface area contributed by atoms with E-state index in [0.717, 1.165) is 31.4 Å². The summed E-state index contributed by atoms with van der Waals surface area (Å²) in [6.07, 6.45) is 1.62. The summed E-state index contributed by atoms with van der Waals surface area (Å²) < 4.78 is 12.6. The van der Waals surface area contributed by atoms with Gasteiger partial charge in [-0.3, -0.25) is 19.3 Å². The van der Waals surface area contributed by atoms with Crippen LogP contribution < -0.4 is 14.8 Å². The first-order chi connectivity index (χ1) is 18.2. The molecule has 3 amide bonds. The Hall–Kier alpha value is -3.02. The largest absolute Gasteiger partial charge is 0.490 e. The number of carbonyl (C=O) groups excluding carboxylic acids is 3. The van der Waals surface area contributed by atoms with Crippen LogP contribution in [0.15, 0.2) is 65.6 Å². The summed E-state index contributed by atoms with van der Waals surface area (Å²) in [7, 11) is 0. The van der Waals surface area contributed by atoms with Gasteiger partial charge in [0.25, 0.3) is 11.1 Å². The second kappa shape index (κ2) is 12.7. The highest BCUT2D eigenvalue weighted by Crippen LogP contribution is 2.38. The highest BCUT2D eigenvalue weighted by atomic mass is 127. The second-order valence-electron chi connectivity index (χ2n) is 8.33. The van der Waals surface area contributed by atoms with Gasteiger partial charge in [-0.05, 0) is 95.7 Å². The van der Waals surface area contributed by atoms with Crippen molar-refractivity contribution in [2.45, 2.75) is 20.5 Å². The minimum atomic E-state index is -0.522. The molecule has 0 radical (unpaired) electrons. The van der Waals surface area contributed by atoms with Crippen LogP contribution in [-0.2, 0) is 16.2 Å². The number of amides is 3. The van der Waals surface area contributed by atoms with Crippen LogP contribution in [0.2, 0.25) is 5.02 Å². The summed E-state index contributed by atoms with van der Waals surface area (Å²) in [4.78, 5) is 39.2. The van der Waals surface area contributed by atoms with E-state index >= 15 is 0 Å². The Balaban J connectivity index is 1.50. The Morgan fingerprint density at radius 1 is 1.11 bits per heavy atom. The van der Waals surface area contributed by atoms with Gasteiger partial charge in [-0.1, -0.05) is 41.9 Å². The van der Waals surface area contributed by atoms with Crippen LogP contribution >= 0.6 is 46.0 Å². The molecular weight excluding hydrogens is 639 g/mol. The van der Waals surface area contributed by atoms with Crippen molar-refractivity contribution in [3.05, 3.63) is 90.9 Å². The molecule has 38 heavy (non-hydrogen) atoms. The number of imide groups is 1. The molecule has 10 heteroatoms. The van der Waals surface area contributed by atoms with Crippen LogP contribution in [0.5, 0.6) is 11.5 Å². The smallest absolute Gasteiger partial charge is 0.294 e. The van der Waals surface area contributed by atoms with Gasteiger partial charge in [0.1, 0.15) is 13.2 Å². The Kier molecular flexibility index (Phi) is 9.35. The number of aryl methyl sites for hydroxylation is 1. The second-order valence-corrected chi connectivity index (χ2v) is 10.9. The lowest BCUT2D eigenvalue weighted by Gasteiger charge is -2.15. The molecule has 0 aliphatic carbocycles. The van der Waals surface area contributed by atoms with Crippen molar-refractivity contribution in [3.8, 4) is 11.5 Å². The van der Waals surface area contributed by atoms with Crippen molar-refractivity contribution in [1.82, 2.24) is 4.90 Å². The fraction of sp³-hybridized carbons (Fsp3) is 0.179. The van der Waals surface area contributed by atoms with Crippen LogP contribution in [-0.4, -0.2) is 35.1 Å². The van der Waals surface area contributed by atoms with Crippen LogP contribution in [0.25, 0.3) is 6.08 Å². The van der Waals surface area contributed by atoms with Gasteiger partial charge in [-0.2, -0.15) is 0 Å². The molecule has 1 fully saturated rings. The molecule has 0 bridgehead atoms. The standard InChI is InChI=1S/C28H24ClIN2O5S/c1-3-36-23-13-18(12-22(30)26(23)37-16-19-8-4-5-10-21(19)29)14-24-27(34)32(28(35)38-24)15-25(33)31-20-9-6-7-17(2)11-20/h4-14H,3,15-16H2,1-2H3,(H,31,33)/b24-14+. The minimum absolute atomic E-state index is 0.223. The molecule has 0 aromatic heterocycles. The zero-order valence-corrected chi connectivity index (χ0v) is 24.4. The van der Waals surface area contributed by atoms with E-state index < -0.39 is 17.1 Å². The lowest BCUT2D eigenvalue weighted by atomic mass is 10.1. The lowest BCUT2D eigenvalue weighted by molar-refractivity contribution is -0.127. The summed E-state index contributed by atoms with van der Waals surface area (Å²) in [5.74, 6) is 0.0960. The molecule has 3 aromatic rings. The number of halogens is 2. The fourth-order valence-corrected chi connectivity index (χ4v) is 5.50. The Bertz CT molecular complexity index is 1430. The van der Waals surface area contributed by atoms with E-state index in [2.05, 4.69) is 27.9 Å². The number of nitrogens with zero attached hydrogens (tertiary/aromatic N) is 1. The van der Waals surface area contributed by atoms with Gasteiger partial charge in [0.2, 0.25) is 5.91 Å². The zero-order valence-electron chi connectivity index (χ0n) is 20.6. The summed E-state index contributed by atoms with van der Waals surface area (Å²) in [6, 6.07) is 18.3. The summed E-state index contributed by atoms with van der Waals surface area (Å²) >= 11 is 9.19. The molecule has 0 unspecified atom stereocenters. The summed E-state index contributed by atoms with van der Waals surface area (Å²) in [5.41, 5.74) is 3.10. The lowest BCUT2D eigenvalue weighted by Crippen LogP contribution is -2.36. The third kappa shape index (κ3) is 6.89. The first kappa shape index (κ1) is 28.0. The number of nitrogens with one attached hydrogen (secondary N) is 1. The van der Waals surface area contributed by atoms with E-state index in [4.69, 9.17) is 21.1 Å². The number of thioether (sulfide) groups is 1. The molecule has 1 aliphatic heterocycles. The summed E-state index contributed by atoms with van der Waals surface area (Å²) in [6.45, 7) is 4.08. The molecule has 3 aromatic carbocycles. The maximum absolute atomic E-state index is 13.0. The number of benzene rings is 3. The fourth-order valence-electron chi connectivity index (χ4n) is 3.69. The average molecular weight is 663 g/mol. The van der Waals surface area contributed by atoms with E-state index in [1.807, 2.05) is 56.3 Å². The van der Waals surface area contributed by atoms with Gasteiger partial charge in [-0.15, -0.1) is 0 Å². The van der Waals surface area contributed by atoms with Gasteiger partial charge >= 0.3 is 0 Å². The van der Waals surface area contributed by atoms with Crippen molar-refractivity contribution in [3.63, 3.8) is 0 Å². The van der Waals surface area contributed by atoms with Crippen molar-refractivity contribution >= 4 is 74.8 Å². The molecule has 4 rings (SSSR count). The highest BCUT2D eigenvalue weighted by Gasteiger charge is 2.36. The van der Waals surface area contributed by atoms with E-state index in [9.17, 15) is 14.4 Å². The number of anilines is 1. The maximum atomic E-state index is 13.0. The molecular formula is C28H24ClIN2O5S. The zero-order chi connectivity index (χ0) is 27.2. The minimum Gasteiger partial charge on any atom is -0.490 e. The maximum Gasteiger partial charge on any atom is 0.294 e. The van der Waals surface area contributed by atoms with Crippen molar-refractivity contribution in [1.29, 1.82) is 0 Å². The molecule has 0 atom stereocenters. The first-order valence-electron chi connectivity index (χ1n) is 11.7. The van der Waals surface area contributed by atoms with Gasteiger partial charge in [0, 0.05) is 16.3 Å². The number of hydrogen-bond acceptors (Lipinski definition) is 6. The number of hydrogen-bond donors (Lipinski definition) is 1. The van der Waals surface area contributed by atoms with Crippen LogP contribution in [0.3, 0.4) is 0 Å². The van der Waals surface area contributed by atoms with Crippen molar-refractivity contribution in [2.24, 2.45) is 0 Å². The number of carbonyl (C=O) groups is 3. The van der Waals surface area contributed by atoms with Gasteiger partial charge < -0.3 is 14.8 Å². The van der Waals surface area contributed by atoms with Crippen LogP contribution in [0.4, 0.5) is 10.5 Å². The highest BCUT2D eigenvalue weighted by molar-refractivity contribution is 14.1. The van der Waals surface area contributed by atoms with E-state index in [1.54, 1.807) is 24.3 Å². The molecule has 7 nitrogen and oxygen atoms in total. The van der Waals surface area contributed by atoms with Gasteiger partial charge in [-0.25, -0.2) is 0 Å². The molecule has 196 valence electrons. The Morgan fingerprint density at radius 3 is 2.63 bits per heavy atom. The molecule has 1 heterocycles. The number of rotatable bonds is 9. The molecule has 0 saturated carbocycles. The number of ether oxygens (including phenoxy) is 2. The predicted molar refractivity (Wildman–Crippen MR) is 159 cm³/mol. The SMILES string of the molecule is CCOc1cc(/C=C2/SC(=O)N(CC(=O)Nc3cccc(C)c3)C2=O)cc(I)c1OCc1ccccc1Cl. The van der Waals surface area contributed by atoms with Gasteiger partial charge in [0.05, 0.1) is 15.1 Å². The van der Waals surface area contributed by atoms with Crippen LogP contribution in [0, 0.1) is 10.5 Å². The van der Waals surface area contributed by atoms with E-state index in [-0.39, 0.29) is 18.1 Å². The Labute approximate surface area is 243 Å². The quantitative estimate of drug-likeness (QED) is 0.198. The topological polar surface area (TPSA) is 84.9 Å². The molecule has 1 N–H and O–H groups in total. The normalized spacial score (nSPS) is 14.2.